The van der Waals surface area contributed by atoms with Gasteiger partial charge in [0, 0.05) is 31.0 Å². The molecule has 1 atom stereocenters. The van der Waals surface area contributed by atoms with Gasteiger partial charge in [-0.05, 0) is 25.0 Å². The summed E-state index contributed by atoms with van der Waals surface area (Å²) in [7, 11) is 0. The molecule has 1 aliphatic carbocycles. The highest BCUT2D eigenvalue weighted by Crippen LogP contribution is 2.37. The second-order valence-electron chi connectivity index (χ2n) is 6.19. The van der Waals surface area contributed by atoms with Crippen molar-refractivity contribution in [3.63, 3.8) is 0 Å². The fraction of sp³-hybridized carbons (Fsp3) is 0.562. The molecule has 0 radical (unpaired) electrons. The molecule has 1 aliphatic heterocycles. The van der Waals surface area contributed by atoms with Crippen LogP contribution in [0.1, 0.15) is 42.5 Å². The van der Waals surface area contributed by atoms with Gasteiger partial charge in [0.2, 0.25) is 0 Å². The van der Waals surface area contributed by atoms with E-state index in [1.165, 1.54) is 12.5 Å². The summed E-state index contributed by atoms with van der Waals surface area (Å²) in [6.45, 7) is 0.726. The molecular weight excluding hydrogens is 316 g/mol. The molecule has 1 saturated heterocycles. The summed E-state index contributed by atoms with van der Waals surface area (Å²) in [4.78, 5) is 22.1. The maximum atomic E-state index is 12.1. The number of ether oxygens (including phenoxy) is 2. The Balaban J connectivity index is 1.54. The van der Waals surface area contributed by atoms with E-state index >= 15 is 0 Å². The minimum absolute atomic E-state index is 0.157. The van der Waals surface area contributed by atoms with E-state index in [4.69, 9.17) is 9.47 Å². The van der Waals surface area contributed by atoms with Gasteiger partial charge in [-0.15, -0.1) is 0 Å². The van der Waals surface area contributed by atoms with Gasteiger partial charge in [0.05, 0.1) is 11.5 Å². The number of nitrogens with zero attached hydrogens (tertiary/aromatic N) is 1. The van der Waals surface area contributed by atoms with Crippen LogP contribution in [-0.2, 0) is 9.47 Å². The third kappa shape index (κ3) is 3.49. The molecule has 8 heteroatoms. The number of carbonyl (C=O) groups is 1. The Labute approximate surface area is 138 Å². The largest absolute Gasteiger partial charge is 0.502 e. The van der Waals surface area contributed by atoms with Gasteiger partial charge in [0.15, 0.2) is 11.5 Å². The lowest BCUT2D eigenvalue weighted by atomic mass is 9.94. The summed E-state index contributed by atoms with van der Waals surface area (Å²) in [5, 5.41) is 23.0. The zero-order chi connectivity index (χ0) is 17.2. The molecule has 0 unspecified atom stereocenters. The summed E-state index contributed by atoms with van der Waals surface area (Å²) < 4.78 is 11.8. The number of phenols is 1. The highest BCUT2D eigenvalue weighted by Gasteiger charge is 2.42. The summed E-state index contributed by atoms with van der Waals surface area (Å²) in [5.41, 5.74) is -0.275. The van der Waals surface area contributed by atoms with Crippen LogP contribution in [0, 0.1) is 10.1 Å². The number of benzene rings is 1. The molecule has 1 saturated carbocycles. The van der Waals surface area contributed by atoms with Gasteiger partial charge in [-0.3, -0.25) is 14.9 Å². The molecule has 1 amide bonds. The van der Waals surface area contributed by atoms with Crippen molar-refractivity contribution in [1.29, 1.82) is 0 Å². The van der Waals surface area contributed by atoms with Crippen molar-refractivity contribution in [1.82, 2.24) is 5.32 Å². The molecule has 24 heavy (non-hydrogen) atoms. The van der Waals surface area contributed by atoms with Crippen LogP contribution in [-0.4, -0.2) is 41.0 Å². The van der Waals surface area contributed by atoms with Crippen molar-refractivity contribution in [2.75, 3.05) is 13.2 Å². The number of nitro groups is 1. The number of amides is 1. The molecule has 8 nitrogen and oxygen atoms in total. The Morgan fingerprint density at radius 1 is 1.38 bits per heavy atom. The molecular formula is C16H20N2O6. The van der Waals surface area contributed by atoms with Crippen molar-refractivity contribution in [3.8, 4) is 5.75 Å². The van der Waals surface area contributed by atoms with E-state index in [0.717, 1.165) is 37.8 Å². The maximum Gasteiger partial charge on any atom is 0.310 e. The zero-order valence-corrected chi connectivity index (χ0v) is 13.2. The van der Waals surface area contributed by atoms with Crippen molar-refractivity contribution < 1.29 is 24.3 Å². The molecule has 1 aromatic rings. The van der Waals surface area contributed by atoms with Gasteiger partial charge in [0.25, 0.3) is 5.91 Å². The van der Waals surface area contributed by atoms with Crippen LogP contribution < -0.4 is 5.32 Å². The summed E-state index contributed by atoms with van der Waals surface area (Å²) in [5.74, 6) is -1.44. The highest BCUT2D eigenvalue weighted by atomic mass is 16.7. The lowest BCUT2D eigenvalue weighted by Gasteiger charge is -2.31. The topological polar surface area (TPSA) is 111 Å². The van der Waals surface area contributed by atoms with Crippen LogP contribution in [0.2, 0.25) is 0 Å². The van der Waals surface area contributed by atoms with Crippen LogP contribution in [0.15, 0.2) is 18.2 Å². The normalized spacial score (nSPS) is 22.4. The molecule has 0 aromatic heterocycles. The summed E-state index contributed by atoms with van der Waals surface area (Å²) in [6.07, 6.45) is 4.92. The number of hydrogen-bond acceptors (Lipinski definition) is 6. The fourth-order valence-electron chi connectivity index (χ4n) is 3.20. The first-order chi connectivity index (χ1) is 11.5. The Morgan fingerprint density at radius 2 is 2.12 bits per heavy atom. The minimum Gasteiger partial charge on any atom is -0.502 e. The number of carbonyl (C=O) groups excluding carboxylic acids is 1. The molecule has 1 spiro atoms. The molecule has 2 N–H and O–H groups in total. The van der Waals surface area contributed by atoms with Crippen molar-refractivity contribution >= 4 is 11.6 Å². The van der Waals surface area contributed by atoms with E-state index in [1.807, 2.05) is 0 Å². The first-order valence-electron chi connectivity index (χ1n) is 8.06. The number of rotatable bonds is 4. The molecule has 0 bridgehead atoms. The molecule has 2 aliphatic rings. The average Bonchev–Trinajstić information content (AvgIpc) is 2.95. The van der Waals surface area contributed by atoms with Crippen LogP contribution in [0.25, 0.3) is 0 Å². The first-order valence-corrected chi connectivity index (χ1v) is 8.06. The molecule has 1 heterocycles. The predicted octanol–water partition coefficient (Wildman–Crippen LogP) is 2.11. The molecule has 130 valence electrons. The Hall–Kier alpha value is -2.19. The molecule has 3 rings (SSSR count). The van der Waals surface area contributed by atoms with Gasteiger partial charge >= 0.3 is 5.69 Å². The van der Waals surface area contributed by atoms with Crippen LogP contribution in [0.4, 0.5) is 5.69 Å². The van der Waals surface area contributed by atoms with Gasteiger partial charge in [-0.25, -0.2) is 0 Å². The van der Waals surface area contributed by atoms with Gasteiger partial charge < -0.3 is 19.9 Å². The summed E-state index contributed by atoms with van der Waals surface area (Å²) in [6, 6.07) is 3.50. The minimum atomic E-state index is -0.704. The van der Waals surface area contributed by atoms with Crippen LogP contribution >= 0.6 is 0 Å². The smallest absolute Gasteiger partial charge is 0.310 e. The van der Waals surface area contributed by atoms with Gasteiger partial charge in [-0.1, -0.05) is 6.42 Å². The SMILES string of the molecule is O=C(NC[C@@H]1COC2(CCCCC2)O1)c1ccc([N+](=O)[O-])c(O)c1. The Kier molecular flexibility index (Phi) is 4.68. The number of hydrogen-bond donors (Lipinski definition) is 2. The summed E-state index contributed by atoms with van der Waals surface area (Å²) >= 11 is 0. The lowest BCUT2D eigenvalue weighted by molar-refractivity contribution is -0.385. The second kappa shape index (κ2) is 6.74. The number of phenolic OH excluding ortho intramolecular Hbond substituents is 1. The average molecular weight is 336 g/mol. The zero-order valence-electron chi connectivity index (χ0n) is 13.2. The molecule has 1 aromatic carbocycles. The third-order valence-corrected chi connectivity index (χ3v) is 4.45. The van der Waals surface area contributed by atoms with E-state index in [0.29, 0.717) is 13.2 Å². The van der Waals surface area contributed by atoms with E-state index in [9.17, 15) is 20.0 Å². The maximum absolute atomic E-state index is 12.1. The van der Waals surface area contributed by atoms with Crippen molar-refractivity contribution in [2.24, 2.45) is 0 Å². The Bertz CT molecular complexity index is 641. The van der Waals surface area contributed by atoms with Gasteiger partial charge in [-0.2, -0.15) is 0 Å². The van der Waals surface area contributed by atoms with E-state index in [-0.39, 0.29) is 11.7 Å². The number of nitrogens with one attached hydrogen (secondary N) is 1. The monoisotopic (exact) mass is 336 g/mol. The van der Waals surface area contributed by atoms with E-state index in [1.54, 1.807) is 0 Å². The fourth-order valence-corrected chi connectivity index (χ4v) is 3.20. The van der Waals surface area contributed by atoms with Crippen molar-refractivity contribution in [2.45, 2.75) is 44.0 Å². The predicted molar refractivity (Wildman–Crippen MR) is 83.7 cm³/mol. The van der Waals surface area contributed by atoms with E-state index < -0.39 is 28.1 Å². The quantitative estimate of drug-likeness (QED) is 0.643. The van der Waals surface area contributed by atoms with Crippen LogP contribution in [0.5, 0.6) is 5.75 Å². The lowest BCUT2D eigenvalue weighted by Crippen LogP contribution is -2.37. The highest BCUT2D eigenvalue weighted by molar-refractivity contribution is 5.95. The van der Waals surface area contributed by atoms with Crippen molar-refractivity contribution in [3.05, 3.63) is 33.9 Å². The number of aromatic hydroxyl groups is 1. The standard InChI is InChI=1S/C16H20N2O6/c19-14-8-11(4-5-13(14)18(21)22)15(20)17-9-12-10-23-16(24-12)6-2-1-3-7-16/h4-5,8,12,19H,1-3,6-7,9-10H2,(H,17,20)/t12-/m1/s1. The first kappa shape index (κ1) is 16.7. The number of nitro benzene ring substituents is 1. The van der Waals surface area contributed by atoms with E-state index in [2.05, 4.69) is 5.32 Å². The van der Waals surface area contributed by atoms with Crippen LogP contribution in [0.3, 0.4) is 0 Å². The second-order valence-corrected chi connectivity index (χ2v) is 6.19. The Morgan fingerprint density at radius 3 is 2.79 bits per heavy atom. The third-order valence-electron chi connectivity index (χ3n) is 4.45. The van der Waals surface area contributed by atoms with Gasteiger partial charge in [0.1, 0.15) is 6.10 Å². The molecule has 2 fully saturated rings.